The number of methoxy groups -OCH3 is 1. The molecule has 0 aromatic heterocycles. The van der Waals surface area contributed by atoms with E-state index in [-0.39, 0.29) is 6.03 Å². The topological polar surface area (TPSA) is 59.6 Å². The second kappa shape index (κ2) is 9.57. The van der Waals surface area contributed by atoms with E-state index in [1.165, 1.54) is 11.1 Å². The Kier molecular flexibility index (Phi) is 7.14. The first-order valence-electron chi connectivity index (χ1n) is 8.43. The van der Waals surface area contributed by atoms with Crippen LogP contribution in [0.5, 0.6) is 11.5 Å². The molecule has 2 amide bonds. The van der Waals surface area contributed by atoms with Crippen LogP contribution in [0.15, 0.2) is 42.5 Å². The summed E-state index contributed by atoms with van der Waals surface area (Å²) in [7, 11) is 1.66. The smallest absolute Gasteiger partial charge is 0.314 e. The molecule has 0 fully saturated rings. The number of ether oxygens (including phenoxy) is 2. The van der Waals surface area contributed by atoms with Gasteiger partial charge in [-0.15, -0.1) is 0 Å². The molecule has 0 unspecified atom stereocenters. The Bertz CT molecular complexity index is 684. The van der Waals surface area contributed by atoms with E-state index in [1.54, 1.807) is 7.11 Å². The molecule has 0 aliphatic carbocycles. The third-order valence-corrected chi connectivity index (χ3v) is 3.79. The predicted molar refractivity (Wildman–Crippen MR) is 99.5 cm³/mol. The van der Waals surface area contributed by atoms with Gasteiger partial charge in [-0.25, -0.2) is 4.79 Å². The molecule has 0 spiro atoms. The summed E-state index contributed by atoms with van der Waals surface area (Å²) in [6.45, 7) is 5.50. The Balaban J connectivity index is 1.64. The molecule has 2 rings (SSSR count). The minimum Gasteiger partial charge on any atom is -0.496 e. The predicted octanol–water partition coefficient (Wildman–Crippen LogP) is 3.23. The van der Waals surface area contributed by atoms with Crippen molar-refractivity contribution in [3.8, 4) is 11.5 Å². The number of aryl methyl sites for hydroxylation is 2. The Morgan fingerprint density at radius 2 is 1.64 bits per heavy atom. The Labute approximate surface area is 149 Å². The van der Waals surface area contributed by atoms with Crippen molar-refractivity contribution in [2.75, 3.05) is 26.8 Å². The first-order valence-corrected chi connectivity index (χ1v) is 8.43. The van der Waals surface area contributed by atoms with Crippen LogP contribution in [0.1, 0.15) is 16.7 Å². The lowest BCUT2D eigenvalue weighted by molar-refractivity contribution is 0.236. The first kappa shape index (κ1) is 18.6. The molecule has 0 aliphatic heterocycles. The second-order valence-electron chi connectivity index (χ2n) is 5.91. The van der Waals surface area contributed by atoms with Crippen molar-refractivity contribution in [3.05, 3.63) is 59.2 Å². The maximum absolute atomic E-state index is 11.8. The molecular weight excluding hydrogens is 316 g/mol. The van der Waals surface area contributed by atoms with Gasteiger partial charge in [0.1, 0.15) is 18.1 Å². The molecule has 0 saturated carbocycles. The van der Waals surface area contributed by atoms with Gasteiger partial charge in [-0.1, -0.05) is 35.4 Å². The highest BCUT2D eigenvalue weighted by molar-refractivity contribution is 5.73. The lowest BCUT2D eigenvalue weighted by Gasteiger charge is -2.11. The molecule has 0 atom stereocenters. The molecular formula is C20H26N2O3. The summed E-state index contributed by atoms with van der Waals surface area (Å²) < 4.78 is 10.9. The molecule has 0 aliphatic rings. The molecule has 25 heavy (non-hydrogen) atoms. The van der Waals surface area contributed by atoms with Crippen molar-refractivity contribution in [1.29, 1.82) is 0 Å². The van der Waals surface area contributed by atoms with Crippen molar-refractivity contribution in [3.63, 3.8) is 0 Å². The van der Waals surface area contributed by atoms with Crippen LogP contribution < -0.4 is 20.1 Å². The minimum atomic E-state index is -0.195. The van der Waals surface area contributed by atoms with E-state index < -0.39 is 0 Å². The quantitative estimate of drug-likeness (QED) is 0.724. The van der Waals surface area contributed by atoms with E-state index in [0.29, 0.717) is 19.7 Å². The van der Waals surface area contributed by atoms with E-state index in [2.05, 4.69) is 16.7 Å². The molecule has 2 N–H and O–H groups in total. The van der Waals surface area contributed by atoms with Crippen LogP contribution in [0.4, 0.5) is 4.79 Å². The van der Waals surface area contributed by atoms with Crippen LogP contribution in [0.25, 0.3) is 0 Å². The minimum absolute atomic E-state index is 0.195. The first-order chi connectivity index (χ1) is 12.1. The summed E-state index contributed by atoms with van der Waals surface area (Å²) in [6, 6.07) is 13.7. The van der Waals surface area contributed by atoms with E-state index >= 15 is 0 Å². The molecule has 2 aromatic rings. The summed E-state index contributed by atoms with van der Waals surface area (Å²) in [6.07, 6.45) is 0.720. The lowest BCUT2D eigenvalue weighted by atomic mass is 10.1. The molecule has 2 aromatic carbocycles. The average molecular weight is 342 g/mol. The van der Waals surface area contributed by atoms with Crippen molar-refractivity contribution in [2.45, 2.75) is 20.3 Å². The fourth-order valence-electron chi connectivity index (χ4n) is 2.44. The van der Waals surface area contributed by atoms with Gasteiger partial charge in [0.2, 0.25) is 0 Å². The molecule has 5 heteroatoms. The summed E-state index contributed by atoms with van der Waals surface area (Å²) in [5.41, 5.74) is 3.45. The third kappa shape index (κ3) is 6.37. The van der Waals surface area contributed by atoms with Gasteiger partial charge in [0.05, 0.1) is 13.7 Å². The van der Waals surface area contributed by atoms with Crippen molar-refractivity contribution in [1.82, 2.24) is 10.6 Å². The van der Waals surface area contributed by atoms with E-state index in [0.717, 1.165) is 23.5 Å². The van der Waals surface area contributed by atoms with E-state index in [1.807, 2.05) is 50.2 Å². The van der Waals surface area contributed by atoms with E-state index in [4.69, 9.17) is 9.47 Å². The summed E-state index contributed by atoms with van der Waals surface area (Å²) in [4.78, 5) is 11.8. The number of benzene rings is 2. The molecule has 134 valence electrons. The maximum atomic E-state index is 11.8. The van der Waals surface area contributed by atoms with Crippen molar-refractivity contribution >= 4 is 6.03 Å². The fraction of sp³-hybridized carbons (Fsp3) is 0.350. The highest BCUT2D eigenvalue weighted by Crippen LogP contribution is 2.19. The van der Waals surface area contributed by atoms with Gasteiger partial charge in [0.25, 0.3) is 0 Å². The molecule has 5 nitrogen and oxygen atoms in total. The zero-order chi connectivity index (χ0) is 18.1. The average Bonchev–Trinajstić information content (AvgIpc) is 2.60. The zero-order valence-electron chi connectivity index (χ0n) is 15.1. The standard InChI is InChI=1S/C20H26N2O3/c1-15-4-7-18(8-5-15)25-13-12-22-20(23)21-11-10-17-14-16(2)6-9-19(17)24-3/h4-9,14H,10-13H2,1-3H3,(H2,21,22,23). The number of carbonyl (C=O) groups excluding carboxylic acids is 1. The summed E-state index contributed by atoms with van der Waals surface area (Å²) >= 11 is 0. The van der Waals surface area contributed by atoms with Crippen molar-refractivity contribution < 1.29 is 14.3 Å². The highest BCUT2D eigenvalue weighted by atomic mass is 16.5. The van der Waals surface area contributed by atoms with Crippen LogP contribution in [0.3, 0.4) is 0 Å². The maximum Gasteiger partial charge on any atom is 0.314 e. The van der Waals surface area contributed by atoms with Gasteiger partial charge < -0.3 is 20.1 Å². The SMILES string of the molecule is COc1ccc(C)cc1CCNC(=O)NCCOc1ccc(C)cc1. The second-order valence-corrected chi connectivity index (χ2v) is 5.91. The van der Waals surface area contributed by atoms with Crippen LogP contribution in [-0.4, -0.2) is 32.8 Å². The van der Waals surface area contributed by atoms with Gasteiger partial charge in [-0.2, -0.15) is 0 Å². The number of amides is 2. The van der Waals surface area contributed by atoms with Gasteiger partial charge >= 0.3 is 6.03 Å². The van der Waals surface area contributed by atoms with Crippen LogP contribution in [0.2, 0.25) is 0 Å². The zero-order valence-corrected chi connectivity index (χ0v) is 15.1. The Morgan fingerprint density at radius 3 is 2.36 bits per heavy atom. The third-order valence-electron chi connectivity index (χ3n) is 3.79. The van der Waals surface area contributed by atoms with Crippen LogP contribution in [0, 0.1) is 13.8 Å². The van der Waals surface area contributed by atoms with E-state index in [9.17, 15) is 4.79 Å². The molecule has 0 radical (unpaired) electrons. The van der Waals surface area contributed by atoms with Gasteiger partial charge in [0.15, 0.2) is 0 Å². The summed E-state index contributed by atoms with van der Waals surface area (Å²) in [5, 5.41) is 5.63. The Hall–Kier alpha value is -2.69. The van der Waals surface area contributed by atoms with Crippen LogP contribution in [-0.2, 0) is 6.42 Å². The number of carbonyl (C=O) groups is 1. The normalized spacial score (nSPS) is 10.2. The summed E-state index contributed by atoms with van der Waals surface area (Å²) in [5.74, 6) is 1.65. The number of urea groups is 1. The number of hydrogen-bond acceptors (Lipinski definition) is 3. The number of nitrogens with one attached hydrogen (secondary N) is 2. The molecule has 0 heterocycles. The van der Waals surface area contributed by atoms with Gasteiger partial charge in [-0.05, 0) is 44.0 Å². The van der Waals surface area contributed by atoms with Crippen molar-refractivity contribution in [2.24, 2.45) is 0 Å². The molecule has 0 saturated heterocycles. The lowest BCUT2D eigenvalue weighted by Crippen LogP contribution is -2.38. The Morgan fingerprint density at radius 1 is 0.960 bits per heavy atom. The monoisotopic (exact) mass is 342 g/mol. The largest absolute Gasteiger partial charge is 0.496 e. The number of hydrogen-bond donors (Lipinski definition) is 2. The van der Waals surface area contributed by atoms with Gasteiger partial charge in [0, 0.05) is 6.54 Å². The fourth-order valence-corrected chi connectivity index (χ4v) is 2.44. The highest BCUT2D eigenvalue weighted by Gasteiger charge is 2.05. The van der Waals surface area contributed by atoms with Crippen LogP contribution >= 0.6 is 0 Å². The molecule has 0 bridgehead atoms. The van der Waals surface area contributed by atoms with Gasteiger partial charge in [-0.3, -0.25) is 0 Å². The number of rotatable bonds is 8.